The zero-order valence-corrected chi connectivity index (χ0v) is 8.45. The second kappa shape index (κ2) is 3.87. The number of nitrogens with zero attached hydrogens (tertiary/aromatic N) is 1. The van der Waals surface area contributed by atoms with E-state index in [1.54, 1.807) is 0 Å². The van der Waals surface area contributed by atoms with Crippen molar-refractivity contribution in [1.82, 2.24) is 4.90 Å². The number of benzene rings is 1. The molecule has 1 aromatic carbocycles. The molecule has 15 heavy (non-hydrogen) atoms. The molecule has 0 aromatic heterocycles. The molecule has 1 heterocycles. The summed E-state index contributed by atoms with van der Waals surface area (Å²) in [6.45, 7) is 2.96. The van der Waals surface area contributed by atoms with Gasteiger partial charge >= 0.3 is 0 Å². The van der Waals surface area contributed by atoms with Crippen molar-refractivity contribution >= 4 is 0 Å². The Bertz CT molecular complexity index is 364. The summed E-state index contributed by atoms with van der Waals surface area (Å²) in [6, 6.07) is 3.49. The van der Waals surface area contributed by atoms with E-state index in [0.29, 0.717) is 18.7 Å². The van der Waals surface area contributed by atoms with Crippen molar-refractivity contribution in [2.45, 2.75) is 19.1 Å². The van der Waals surface area contributed by atoms with E-state index in [1.807, 2.05) is 11.8 Å². The molecule has 2 nitrogen and oxygen atoms in total. The SMILES string of the molecule is C[C@@H](c1ccc(F)cc1F)N1CC(O)C1. The van der Waals surface area contributed by atoms with Gasteiger partial charge in [-0.25, -0.2) is 8.78 Å². The van der Waals surface area contributed by atoms with Gasteiger partial charge in [-0.1, -0.05) is 6.07 Å². The Morgan fingerprint density at radius 1 is 1.40 bits per heavy atom. The number of likely N-dealkylation sites (tertiary alicyclic amines) is 1. The average molecular weight is 213 g/mol. The molecule has 0 radical (unpaired) electrons. The summed E-state index contributed by atoms with van der Waals surface area (Å²) in [6.07, 6.45) is -0.309. The smallest absolute Gasteiger partial charge is 0.130 e. The third kappa shape index (κ3) is 2.01. The molecular weight excluding hydrogens is 200 g/mol. The van der Waals surface area contributed by atoms with Gasteiger partial charge in [-0.15, -0.1) is 0 Å². The van der Waals surface area contributed by atoms with Crippen LogP contribution >= 0.6 is 0 Å². The van der Waals surface area contributed by atoms with Gasteiger partial charge in [0.15, 0.2) is 0 Å². The van der Waals surface area contributed by atoms with Crippen molar-refractivity contribution in [2.75, 3.05) is 13.1 Å². The first kappa shape index (κ1) is 10.5. The number of hydrogen-bond acceptors (Lipinski definition) is 2. The fourth-order valence-corrected chi connectivity index (χ4v) is 1.84. The van der Waals surface area contributed by atoms with E-state index in [9.17, 15) is 8.78 Å². The Morgan fingerprint density at radius 3 is 2.60 bits per heavy atom. The normalized spacial score (nSPS) is 20.0. The predicted molar refractivity (Wildman–Crippen MR) is 52.4 cm³/mol. The highest BCUT2D eigenvalue weighted by atomic mass is 19.1. The van der Waals surface area contributed by atoms with E-state index in [-0.39, 0.29) is 12.1 Å². The molecule has 1 aliphatic heterocycles. The molecule has 0 bridgehead atoms. The predicted octanol–water partition coefficient (Wildman–Crippen LogP) is 1.70. The van der Waals surface area contributed by atoms with Gasteiger partial charge in [0, 0.05) is 30.8 Å². The average Bonchev–Trinajstić information content (AvgIpc) is 2.12. The maximum Gasteiger partial charge on any atom is 0.130 e. The quantitative estimate of drug-likeness (QED) is 0.808. The maximum absolute atomic E-state index is 13.4. The highest BCUT2D eigenvalue weighted by Gasteiger charge is 2.30. The maximum atomic E-state index is 13.4. The lowest BCUT2D eigenvalue weighted by Crippen LogP contribution is -2.51. The van der Waals surface area contributed by atoms with Crippen LogP contribution in [0.4, 0.5) is 8.78 Å². The molecule has 1 fully saturated rings. The van der Waals surface area contributed by atoms with Gasteiger partial charge in [0.1, 0.15) is 11.6 Å². The molecule has 1 N–H and O–H groups in total. The van der Waals surface area contributed by atoms with Crippen LogP contribution in [0.15, 0.2) is 18.2 Å². The summed E-state index contributed by atoms with van der Waals surface area (Å²) >= 11 is 0. The fraction of sp³-hybridized carbons (Fsp3) is 0.455. The van der Waals surface area contributed by atoms with Crippen LogP contribution in [0, 0.1) is 11.6 Å². The minimum absolute atomic E-state index is 0.117. The Labute approximate surface area is 87.1 Å². The molecular formula is C11H13F2NO. The van der Waals surface area contributed by atoms with E-state index in [2.05, 4.69) is 0 Å². The van der Waals surface area contributed by atoms with Crippen molar-refractivity contribution in [3.05, 3.63) is 35.4 Å². The van der Waals surface area contributed by atoms with Crippen molar-refractivity contribution < 1.29 is 13.9 Å². The van der Waals surface area contributed by atoms with E-state index >= 15 is 0 Å². The van der Waals surface area contributed by atoms with E-state index in [1.165, 1.54) is 12.1 Å². The number of aliphatic hydroxyl groups excluding tert-OH is 1. The standard InChI is InChI=1S/C11H13F2NO/c1-7(14-5-9(15)6-14)10-3-2-8(12)4-11(10)13/h2-4,7,9,15H,5-6H2,1H3/t7-/m0/s1. The topological polar surface area (TPSA) is 23.5 Å². The lowest BCUT2D eigenvalue weighted by atomic mass is 10.0. The molecule has 2 rings (SSSR count). The van der Waals surface area contributed by atoms with E-state index in [4.69, 9.17) is 5.11 Å². The Hall–Kier alpha value is -1.00. The van der Waals surface area contributed by atoms with Gasteiger partial charge in [0.25, 0.3) is 0 Å². The number of β-amino-alcohol motifs (C(OH)–C–C–N with tert-alkyl or cyclic N) is 1. The third-order valence-electron chi connectivity index (χ3n) is 2.85. The number of aliphatic hydroxyl groups is 1. The first-order valence-corrected chi connectivity index (χ1v) is 4.95. The van der Waals surface area contributed by atoms with Crippen molar-refractivity contribution in [2.24, 2.45) is 0 Å². The summed E-state index contributed by atoms with van der Waals surface area (Å²) < 4.78 is 26.1. The van der Waals surface area contributed by atoms with Crippen LogP contribution in [-0.4, -0.2) is 29.2 Å². The minimum Gasteiger partial charge on any atom is -0.390 e. The van der Waals surface area contributed by atoms with Crippen molar-refractivity contribution in [3.8, 4) is 0 Å². The van der Waals surface area contributed by atoms with Crippen LogP contribution in [0.1, 0.15) is 18.5 Å². The molecule has 0 unspecified atom stereocenters. The summed E-state index contributed by atoms with van der Waals surface area (Å²) in [5.74, 6) is -1.09. The number of halogens is 2. The molecule has 1 aromatic rings. The number of hydrogen-bond donors (Lipinski definition) is 1. The minimum atomic E-state index is -0.563. The molecule has 82 valence electrons. The van der Waals surface area contributed by atoms with E-state index < -0.39 is 11.6 Å². The van der Waals surface area contributed by atoms with Gasteiger partial charge in [0.05, 0.1) is 6.10 Å². The molecule has 0 spiro atoms. The lowest BCUT2D eigenvalue weighted by molar-refractivity contribution is -0.0218. The lowest BCUT2D eigenvalue weighted by Gasteiger charge is -2.40. The first-order chi connectivity index (χ1) is 7.08. The Morgan fingerprint density at radius 2 is 2.07 bits per heavy atom. The largest absolute Gasteiger partial charge is 0.390 e. The van der Waals surface area contributed by atoms with Crippen LogP contribution in [0.2, 0.25) is 0 Å². The molecule has 1 aliphatic rings. The van der Waals surface area contributed by atoms with Crippen LogP contribution in [0.3, 0.4) is 0 Å². The summed E-state index contributed by atoms with van der Waals surface area (Å²) in [5.41, 5.74) is 0.475. The van der Waals surface area contributed by atoms with Crippen LogP contribution < -0.4 is 0 Å². The van der Waals surface area contributed by atoms with Gasteiger partial charge in [0.2, 0.25) is 0 Å². The Balaban J connectivity index is 2.15. The summed E-state index contributed by atoms with van der Waals surface area (Å²) in [4.78, 5) is 1.95. The van der Waals surface area contributed by atoms with Gasteiger partial charge < -0.3 is 5.11 Å². The fourth-order valence-electron chi connectivity index (χ4n) is 1.84. The molecule has 1 atom stereocenters. The highest BCUT2D eigenvalue weighted by Crippen LogP contribution is 2.27. The highest BCUT2D eigenvalue weighted by molar-refractivity contribution is 5.22. The zero-order valence-electron chi connectivity index (χ0n) is 8.45. The van der Waals surface area contributed by atoms with Crippen LogP contribution in [0.5, 0.6) is 0 Å². The van der Waals surface area contributed by atoms with Gasteiger partial charge in [-0.05, 0) is 13.0 Å². The molecule has 1 saturated heterocycles. The summed E-state index contributed by atoms with van der Waals surface area (Å²) in [7, 11) is 0. The molecule has 4 heteroatoms. The first-order valence-electron chi connectivity index (χ1n) is 4.95. The molecule has 0 amide bonds. The van der Waals surface area contributed by atoms with E-state index in [0.717, 1.165) is 6.07 Å². The monoisotopic (exact) mass is 213 g/mol. The Kier molecular flexibility index (Phi) is 2.71. The molecule has 0 saturated carbocycles. The van der Waals surface area contributed by atoms with Crippen LogP contribution in [-0.2, 0) is 0 Å². The number of rotatable bonds is 2. The third-order valence-corrected chi connectivity index (χ3v) is 2.85. The van der Waals surface area contributed by atoms with Gasteiger partial charge in [-0.3, -0.25) is 4.90 Å². The van der Waals surface area contributed by atoms with Crippen LogP contribution in [0.25, 0.3) is 0 Å². The van der Waals surface area contributed by atoms with Crippen molar-refractivity contribution in [1.29, 1.82) is 0 Å². The van der Waals surface area contributed by atoms with Gasteiger partial charge in [-0.2, -0.15) is 0 Å². The molecule has 0 aliphatic carbocycles. The second-order valence-electron chi connectivity index (χ2n) is 3.95. The van der Waals surface area contributed by atoms with Crippen molar-refractivity contribution in [3.63, 3.8) is 0 Å². The summed E-state index contributed by atoms with van der Waals surface area (Å²) in [5, 5.41) is 9.13. The second-order valence-corrected chi connectivity index (χ2v) is 3.95. The zero-order chi connectivity index (χ0) is 11.0.